The average Bonchev–Trinajstić information content (AvgIpc) is 2.46. The lowest BCUT2D eigenvalue weighted by molar-refractivity contribution is 0.457. The van der Waals surface area contributed by atoms with Crippen molar-refractivity contribution in [3.05, 3.63) is 36.2 Å². The van der Waals surface area contributed by atoms with Crippen LogP contribution in [0.5, 0.6) is 11.6 Å². The molecular weight excluding hydrogens is 292 g/mol. The minimum atomic E-state index is -3.29. The van der Waals surface area contributed by atoms with Gasteiger partial charge in [0.2, 0.25) is 5.88 Å². The number of ether oxygens (including phenoxy) is 1. The van der Waals surface area contributed by atoms with Gasteiger partial charge < -0.3 is 10.2 Å². The van der Waals surface area contributed by atoms with Crippen LogP contribution < -0.4 is 16.0 Å². The molecule has 0 spiro atoms. The Bertz CT molecular complexity index is 725. The van der Waals surface area contributed by atoms with Gasteiger partial charge in [0.1, 0.15) is 17.4 Å². The molecule has 7 nitrogen and oxygen atoms in total. The predicted octanol–water partition coefficient (Wildman–Crippen LogP) is 1.52. The lowest BCUT2D eigenvalue weighted by atomic mass is 10.3. The minimum absolute atomic E-state index is 0.182. The molecule has 0 saturated heterocycles. The van der Waals surface area contributed by atoms with Crippen LogP contribution in [0.25, 0.3) is 0 Å². The molecule has 2 aromatic rings. The van der Waals surface area contributed by atoms with E-state index in [-0.39, 0.29) is 4.90 Å². The van der Waals surface area contributed by atoms with Crippen molar-refractivity contribution in [1.82, 2.24) is 9.97 Å². The molecule has 0 aliphatic rings. The fourth-order valence-electron chi connectivity index (χ4n) is 1.65. The molecule has 0 atom stereocenters. The van der Waals surface area contributed by atoms with Gasteiger partial charge in [0.25, 0.3) is 0 Å². The molecule has 0 saturated carbocycles. The smallest absolute Gasteiger partial charge is 0.224 e. The SMILES string of the molecule is CCc1nc(NN)cc(Oc2cccc(S(C)(=O)=O)c2)n1. The topological polar surface area (TPSA) is 107 Å². The van der Waals surface area contributed by atoms with Crippen molar-refractivity contribution in [1.29, 1.82) is 0 Å². The van der Waals surface area contributed by atoms with Gasteiger partial charge in [0, 0.05) is 18.7 Å². The summed E-state index contributed by atoms with van der Waals surface area (Å²) in [5, 5.41) is 0. The van der Waals surface area contributed by atoms with E-state index in [0.717, 1.165) is 6.26 Å². The minimum Gasteiger partial charge on any atom is -0.439 e. The van der Waals surface area contributed by atoms with E-state index in [4.69, 9.17) is 10.6 Å². The molecule has 0 aliphatic heterocycles. The molecule has 0 radical (unpaired) electrons. The first-order chi connectivity index (χ1) is 9.92. The van der Waals surface area contributed by atoms with Crippen LogP contribution in [0.2, 0.25) is 0 Å². The van der Waals surface area contributed by atoms with Crippen LogP contribution in [-0.4, -0.2) is 24.6 Å². The van der Waals surface area contributed by atoms with E-state index in [0.29, 0.717) is 29.7 Å². The van der Waals surface area contributed by atoms with Gasteiger partial charge in [0.05, 0.1) is 4.90 Å². The molecule has 3 N–H and O–H groups in total. The number of aryl methyl sites for hydroxylation is 1. The monoisotopic (exact) mass is 308 g/mol. The van der Waals surface area contributed by atoms with E-state index in [2.05, 4.69) is 15.4 Å². The number of anilines is 1. The zero-order chi connectivity index (χ0) is 15.5. The van der Waals surface area contributed by atoms with Gasteiger partial charge in [-0.05, 0) is 18.2 Å². The fraction of sp³-hybridized carbons (Fsp3) is 0.231. The Morgan fingerprint density at radius 3 is 2.67 bits per heavy atom. The summed E-state index contributed by atoms with van der Waals surface area (Å²) < 4.78 is 28.6. The summed E-state index contributed by atoms with van der Waals surface area (Å²) in [6.07, 6.45) is 1.76. The second-order valence-electron chi connectivity index (χ2n) is 4.35. The van der Waals surface area contributed by atoms with Crippen LogP contribution in [0, 0.1) is 0 Å². The number of nitrogens with two attached hydrogens (primary N) is 1. The van der Waals surface area contributed by atoms with Gasteiger partial charge in [-0.1, -0.05) is 13.0 Å². The first kappa shape index (κ1) is 15.2. The second-order valence-corrected chi connectivity index (χ2v) is 6.37. The van der Waals surface area contributed by atoms with E-state index in [1.165, 1.54) is 18.2 Å². The molecule has 0 amide bonds. The third kappa shape index (κ3) is 3.89. The van der Waals surface area contributed by atoms with Crippen molar-refractivity contribution in [3.8, 4) is 11.6 Å². The van der Waals surface area contributed by atoms with Crippen LogP contribution in [-0.2, 0) is 16.3 Å². The maximum Gasteiger partial charge on any atom is 0.224 e. The van der Waals surface area contributed by atoms with Gasteiger partial charge in [-0.2, -0.15) is 4.98 Å². The summed E-state index contributed by atoms with van der Waals surface area (Å²) in [4.78, 5) is 8.54. The zero-order valence-corrected chi connectivity index (χ0v) is 12.5. The Morgan fingerprint density at radius 2 is 2.05 bits per heavy atom. The zero-order valence-electron chi connectivity index (χ0n) is 11.7. The number of hydrazine groups is 1. The van der Waals surface area contributed by atoms with Crippen LogP contribution in [0.4, 0.5) is 5.82 Å². The summed E-state index contributed by atoms with van der Waals surface area (Å²) in [7, 11) is -3.29. The molecule has 2 rings (SSSR count). The van der Waals surface area contributed by atoms with Gasteiger partial charge in [0.15, 0.2) is 9.84 Å². The number of benzene rings is 1. The Balaban J connectivity index is 2.34. The highest BCUT2D eigenvalue weighted by Gasteiger charge is 2.10. The maximum atomic E-state index is 11.5. The van der Waals surface area contributed by atoms with Crippen molar-refractivity contribution >= 4 is 15.7 Å². The van der Waals surface area contributed by atoms with E-state index in [9.17, 15) is 8.42 Å². The summed E-state index contributed by atoms with van der Waals surface area (Å²) in [6.45, 7) is 1.91. The lowest BCUT2D eigenvalue weighted by Crippen LogP contribution is -2.10. The molecule has 0 unspecified atom stereocenters. The quantitative estimate of drug-likeness (QED) is 0.637. The number of hydrogen-bond acceptors (Lipinski definition) is 7. The molecular formula is C13H16N4O3S. The third-order valence-electron chi connectivity index (χ3n) is 2.67. The third-order valence-corrected chi connectivity index (χ3v) is 3.78. The van der Waals surface area contributed by atoms with Gasteiger partial charge >= 0.3 is 0 Å². The number of hydrogen-bond donors (Lipinski definition) is 2. The molecule has 0 fully saturated rings. The molecule has 8 heteroatoms. The number of rotatable bonds is 5. The van der Waals surface area contributed by atoms with E-state index in [1.54, 1.807) is 12.1 Å². The molecule has 112 valence electrons. The van der Waals surface area contributed by atoms with E-state index in [1.807, 2.05) is 6.92 Å². The van der Waals surface area contributed by atoms with Crippen molar-refractivity contribution in [2.24, 2.45) is 5.84 Å². The van der Waals surface area contributed by atoms with Crippen LogP contribution in [0.1, 0.15) is 12.7 Å². The van der Waals surface area contributed by atoms with Gasteiger partial charge in [-0.3, -0.25) is 0 Å². The van der Waals surface area contributed by atoms with Crippen molar-refractivity contribution < 1.29 is 13.2 Å². The predicted molar refractivity (Wildman–Crippen MR) is 78.8 cm³/mol. The molecule has 0 bridgehead atoms. The molecule has 1 aromatic heterocycles. The van der Waals surface area contributed by atoms with Crippen LogP contribution in [0.3, 0.4) is 0 Å². The molecule has 0 aliphatic carbocycles. The highest BCUT2D eigenvalue weighted by molar-refractivity contribution is 7.90. The van der Waals surface area contributed by atoms with Crippen LogP contribution in [0.15, 0.2) is 35.2 Å². The Labute approximate surface area is 123 Å². The average molecular weight is 308 g/mol. The fourth-order valence-corrected chi connectivity index (χ4v) is 2.30. The summed E-state index contributed by atoms with van der Waals surface area (Å²) in [6, 6.07) is 7.74. The standard InChI is InChI=1S/C13H16N4O3S/c1-3-11-15-12(17-14)8-13(16-11)20-9-5-4-6-10(7-9)21(2,18)19/h4-8H,3,14H2,1-2H3,(H,15,16,17). The number of sulfone groups is 1. The van der Waals surface area contributed by atoms with E-state index < -0.39 is 9.84 Å². The molecule has 1 aromatic carbocycles. The number of nitrogen functional groups attached to an aromatic ring is 1. The highest BCUT2D eigenvalue weighted by atomic mass is 32.2. The molecule has 21 heavy (non-hydrogen) atoms. The number of nitrogens with zero attached hydrogens (tertiary/aromatic N) is 2. The number of aromatic nitrogens is 2. The largest absolute Gasteiger partial charge is 0.439 e. The van der Waals surface area contributed by atoms with E-state index >= 15 is 0 Å². The Hall–Kier alpha value is -2.19. The van der Waals surface area contributed by atoms with Crippen molar-refractivity contribution in [2.45, 2.75) is 18.2 Å². The van der Waals surface area contributed by atoms with Crippen LogP contribution >= 0.6 is 0 Å². The first-order valence-corrected chi connectivity index (χ1v) is 8.14. The van der Waals surface area contributed by atoms with Crippen molar-refractivity contribution in [2.75, 3.05) is 11.7 Å². The lowest BCUT2D eigenvalue weighted by Gasteiger charge is -2.09. The maximum absolute atomic E-state index is 11.5. The highest BCUT2D eigenvalue weighted by Crippen LogP contribution is 2.24. The Morgan fingerprint density at radius 1 is 1.29 bits per heavy atom. The first-order valence-electron chi connectivity index (χ1n) is 6.25. The summed E-state index contributed by atoms with van der Waals surface area (Å²) >= 11 is 0. The van der Waals surface area contributed by atoms with Crippen molar-refractivity contribution in [3.63, 3.8) is 0 Å². The second kappa shape index (κ2) is 6.06. The van der Waals surface area contributed by atoms with Gasteiger partial charge in [-0.15, -0.1) is 0 Å². The molecule has 1 heterocycles. The summed E-state index contributed by atoms with van der Waals surface area (Å²) in [5.74, 6) is 7.01. The normalized spacial score (nSPS) is 11.2. The summed E-state index contributed by atoms with van der Waals surface area (Å²) in [5.41, 5.74) is 2.44. The Kier molecular flexibility index (Phi) is 4.39. The van der Waals surface area contributed by atoms with Gasteiger partial charge in [-0.25, -0.2) is 19.2 Å². The number of nitrogens with one attached hydrogen (secondary N) is 1.